The van der Waals surface area contributed by atoms with Crippen LogP contribution in [-0.2, 0) is 4.74 Å². The average molecular weight is 202 g/mol. The number of ether oxygens (including phenoxy) is 1. The summed E-state index contributed by atoms with van der Waals surface area (Å²) in [5.74, 6) is 0.859. The van der Waals surface area contributed by atoms with E-state index in [2.05, 4.69) is 6.58 Å². The predicted molar refractivity (Wildman–Crippen MR) is 60.8 cm³/mol. The third kappa shape index (κ3) is 2.10. The van der Waals surface area contributed by atoms with Gasteiger partial charge in [0.15, 0.2) is 0 Å². The van der Waals surface area contributed by atoms with E-state index in [1.807, 2.05) is 37.3 Å². The second kappa shape index (κ2) is 4.32. The van der Waals surface area contributed by atoms with Crippen molar-refractivity contribution in [2.24, 2.45) is 0 Å². The fourth-order valence-electron chi connectivity index (χ4n) is 1.50. The number of furan rings is 1. The Hall–Kier alpha value is -1.54. The summed E-state index contributed by atoms with van der Waals surface area (Å²) in [6, 6.07) is 9.96. The van der Waals surface area contributed by atoms with Gasteiger partial charge in [0.2, 0.25) is 0 Å². The summed E-state index contributed by atoms with van der Waals surface area (Å²) in [6.45, 7) is 6.13. The summed E-state index contributed by atoms with van der Waals surface area (Å²) < 4.78 is 11.2. The lowest BCUT2D eigenvalue weighted by atomic mass is 10.2. The van der Waals surface area contributed by atoms with Crippen LogP contribution in [-0.4, -0.2) is 6.61 Å². The second-order valence-corrected chi connectivity index (χ2v) is 3.45. The second-order valence-electron chi connectivity index (χ2n) is 3.45. The molecule has 1 heterocycles. The van der Waals surface area contributed by atoms with Gasteiger partial charge in [-0.1, -0.05) is 24.3 Å². The maximum Gasteiger partial charge on any atom is 0.134 e. The number of fused-ring (bicyclic) bond motifs is 1. The van der Waals surface area contributed by atoms with E-state index in [1.54, 1.807) is 6.08 Å². The van der Waals surface area contributed by atoms with Crippen LogP contribution in [0.15, 0.2) is 47.4 Å². The van der Waals surface area contributed by atoms with Crippen molar-refractivity contribution in [3.05, 3.63) is 48.7 Å². The Morgan fingerprint density at radius 2 is 2.27 bits per heavy atom. The molecule has 15 heavy (non-hydrogen) atoms. The molecule has 2 heteroatoms. The van der Waals surface area contributed by atoms with E-state index in [4.69, 9.17) is 9.15 Å². The third-order valence-corrected chi connectivity index (χ3v) is 2.31. The minimum Gasteiger partial charge on any atom is -0.458 e. The molecule has 1 aromatic carbocycles. The van der Waals surface area contributed by atoms with Crippen LogP contribution in [0.25, 0.3) is 11.0 Å². The van der Waals surface area contributed by atoms with E-state index >= 15 is 0 Å². The largest absolute Gasteiger partial charge is 0.458 e. The summed E-state index contributed by atoms with van der Waals surface area (Å²) in [4.78, 5) is 0. The Kier molecular flexibility index (Phi) is 2.88. The van der Waals surface area contributed by atoms with Crippen molar-refractivity contribution < 1.29 is 9.15 Å². The van der Waals surface area contributed by atoms with Crippen molar-refractivity contribution in [3.63, 3.8) is 0 Å². The Morgan fingerprint density at radius 1 is 1.47 bits per heavy atom. The Labute approximate surface area is 89.2 Å². The number of para-hydroxylation sites is 1. The van der Waals surface area contributed by atoms with Gasteiger partial charge in [0.25, 0.3) is 0 Å². The van der Waals surface area contributed by atoms with Gasteiger partial charge in [-0.3, -0.25) is 0 Å². The van der Waals surface area contributed by atoms with Crippen LogP contribution in [0.1, 0.15) is 18.8 Å². The van der Waals surface area contributed by atoms with Crippen LogP contribution in [0, 0.1) is 0 Å². The molecule has 0 spiro atoms. The number of hydrogen-bond acceptors (Lipinski definition) is 2. The maximum absolute atomic E-state index is 5.67. The average Bonchev–Trinajstić information content (AvgIpc) is 2.69. The first kappa shape index (κ1) is 9.99. The van der Waals surface area contributed by atoms with Crippen molar-refractivity contribution in [2.75, 3.05) is 6.61 Å². The molecule has 0 amide bonds. The minimum absolute atomic E-state index is 0.0320. The molecule has 2 aromatic rings. The zero-order chi connectivity index (χ0) is 10.7. The van der Waals surface area contributed by atoms with Gasteiger partial charge in [-0.2, -0.15) is 0 Å². The van der Waals surface area contributed by atoms with Gasteiger partial charge < -0.3 is 9.15 Å². The van der Waals surface area contributed by atoms with Crippen LogP contribution in [0.4, 0.5) is 0 Å². The van der Waals surface area contributed by atoms with Gasteiger partial charge in [0, 0.05) is 5.39 Å². The molecular weight excluding hydrogens is 188 g/mol. The van der Waals surface area contributed by atoms with E-state index in [-0.39, 0.29) is 6.10 Å². The topological polar surface area (TPSA) is 22.4 Å². The summed E-state index contributed by atoms with van der Waals surface area (Å²) in [6.07, 6.45) is 1.70. The van der Waals surface area contributed by atoms with Crippen molar-refractivity contribution in [1.29, 1.82) is 0 Å². The monoisotopic (exact) mass is 202 g/mol. The lowest BCUT2D eigenvalue weighted by Gasteiger charge is -2.07. The van der Waals surface area contributed by atoms with Gasteiger partial charge in [0.05, 0.1) is 6.61 Å². The summed E-state index contributed by atoms with van der Waals surface area (Å²) in [5, 5.41) is 1.11. The molecule has 0 radical (unpaired) electrons. The van der Waals surface area contributed by atoms with Crippen LogP contribution < -0.4 is 0 Å². The van der Waals surface area contributed by atoms with Crippen LogP contribution in [0.2, 0.25) is 0 Å². The molecule has 1 unspecified atom stereocenters. The van der Waals surface area contributed by atoms with Gasteiger partial charge in [-0.15, -0.1) is 6.58 Å². The molecule has 78 valence electrons. The molecule has 0 aliphatic carbocycles. The third-order valence-electron chi connectivity index (χ3n) is 2.31. The molecular formula is C13H14O2. The molecule has 2 rings (SSSR count). The highest BCUT2D eigenvalue weighted by Crippen LogP contribution is 2.25. The Bertz CT molecular complexity index is 423. The van der Waals surface area contributed by atoms with E-state index < -0.39 is 0 Å². The van der Waals surface area contributed by atoms with E-state index in [9.17, 15) is 0 Å². The predicted octanol–water partition coefficient (Wildman–Crippen LogP) is 3.70. The van der Waals surface area contributed by atoms with Crippen molar-refractivity contribution in [2.45, 2.75) is 13.0 Å². The van der Waals surface area contributed by atoms with Gasteiger partial charge in [-0.05, 0) is 19.1 Å². The highest BCUT2D eigenvalue weighted by atomic mass is 16.5. The fraction of sp³-hybridized carbons (Fsp3) is 0.231. The number of rotatable bonds is 4. The highest BCUT2D eigenvalue weighted by molar-refractivity contribution is 5.77. The van der Waals surface area contributed by atoms with Crippen molar-refractivity contribution in [1.82, 2.24) is 0 Å². The number of hydrogen-bond donors (Lipinski definition) is 0. The first-order valence-corrected chi connectivity index (χ1v) is 5.02. The molecule has 2 nitrogen and oxygen atoms in total. The molecule has 1 aromatic heterocycles. The molecule has 1 atom stereocenters. The summed E-state index contributed by atoms with van der Waals surface area (Å²) in [7, 11) is 0. The molecule has 0 aliphatic heterocycles. The Balaban J connectivity index is 2.24. The fourth-order valence-corrected chi connectivity index (χ4v) is 1.50. The summed E-state index contributed by atoms with van der Waals surface area (Å²) >= 11 is 0. The minimum atomic E-state index is -0.0320. The molecule has 0 bridgehead atoms. The lowest BCUT2D eigenvalue weighted by Crippen LogP contribution is -1.97. The molecule has 0 saturated carbocycles. The number of benzene rings is 1. The molecule has 0 fully saturated rings. The zero-order valence-corrected chi connectivity index (χ0v) is 8.77. The normalized spacial score (nSPS) is 12.9. The zero-order valence-electron chi connectivity index (χ0n) is 8.77. The van der Waals surface area contributed by atoms with E-state index in [1.165, 1.54) is 0 Å². The van der Waals surface area contributed by atoms with Crippen LogP contribution in [0.3, 0.4) is 0 Å². The van der Waals surface area contributed by atoms with Gasteiger partial charge in [0.1, 0.15) is 17.4 Å². The maximum atomic E-state index is 5.67. The van der Waals surface area contributed by atoms with E-state index in [0.29, 0.717) is 6.61 Å². The van der Waals surface area contributed by atoms with Gasteiger partial charge >= 0.3 is 0 Å². The van der Waals surface area contributed by atoms with Crippen molar-refractivity contribution >= 4 is 11.0 Å². The van der Waals surface area contributed by atoms with Gasteiger partial charge in [-0.25, -0.2) is 0 Å². The Morgan fingerprint density at radius 3 is 3.00 bits per heavy atom. The summed E-state index contributed by atoms with van der Waals surface area (Å²) in [5.41, 5.74) is 0.904. The van der Waals surface area contributed by atoms with Crippen LogP contribution >= 0.6 is 0 Å². The molecule has 0 aliphatic rings. The first-order valence-electron chi connectivity index (χ1n) is 5.02. The lowest BCUT2D eigenvalue weighted by molar-refractivity contribution is 0.0730. The smallest absolute Gasteiger partial charge is 0.134 e. The van der Waals surface area contributed by atoms with E-state index in [0.717, 1.165) is 16.7 Å². The quantitative estimate of drug-likeness (QED) is 0.705. The standard InChI is InChI=1S/C13H14O2/c1-3-8-14-10(2)13-9-11-6-4-5-7-12(11)15-13/h3-7,9-10H,1,8H2,2H3. The van der Waals surface area contributed by atoms with Crippen molar-refractivity contribution in [3.8, 4) is 0 Å². The SMILES string of the molecule is C=CCOC(C)c1cc2ccccc2o1. The highest BCUT2D eigenvalue weighted by Gasteiger charge is 2.10. The molecule has 0 N–H and O–H groups in total. The molecule has 0 saturated heterocycles. The first-order chi connectivity index (χ1) is 7.31. The van der Waals surface area contributed by atoms with Crippen LogP contribution in [0.5, 0.6) is 0 Å².